The number of carbonyl (C=O) groups excluding carboxylic acids is 2. The monoisotopic (exact) mass is 298 g/mol. The molecule has 4 heteroatoms. The van der Waals surface area contributed by atoms with Gasteiger partial charge >= 0.3 is 5.97 Å². The molecule has 0 bridgehead atoms. The van der Waals surface area contributed by atoms with Gasteiger partial charge in [-0.2, -0.15) is 0 Å². The van der Waals surface area contributed by atoms with Gasteiger partial charge in [0.15, 0.2) is 6.10 Å². The van der Waals surface area contributed by atoms with Gasteiger partial charge in [-0.25, -0.2) is 4.79 Å². The minimum absolute atomic E-state index is 0.0245. The van der Waals surface area contributed by atoms with E-state index in [9.17, 15) is 14.7 Å². The number of hydrogen-bond acceptors (Lipinski definition) is 4. The molecule has 22 heavy (non-hydrogen) atoms. The molecule has 4 nitrogen and oxygen atoms in total. The quantitative estimate of drug-likeness (QED) is 0.679. The van der Waals surface area contributed by atoms with Crippen molar-refractivity contribution in [3.8, 4) is 5.75 Å². The lowest BCUT2D eigenvalue weighted by atomic mass is 10.0. The van der Waals surface area contributed by atoms with E-state index in [1.54, 1.807) is 18.2 Å². The number of aryl methyl sites for hydroxylation is 1. The predicted octanol–water partition coefficient (Wildman–Crippen LogP) is 3.38. The molecule has 0 spiro atoms. The van der Waals surface area contributed by atoms with Gasteiger partial charge in [-0.1, -0.05) is 37.3 Å². The number of esters is 1. The lowest BCUT2D eigenvalue weighted by Gasteiger charge is -2.12. The summed E-state index contributed by atoms with van der Waals surface area (Å²) in [7, 11) is 0. The summed E-state index contributed by atoms with van der Waals surface area (Å²) < 4.78 is 5.16. The highest BCUT2D eigenvalue weighted by atomic mass is 16.5. The van der Waals surface area contributed by atoms with Crippen LogP contribution in [0.4, 0.5) is 0 Å². The first-order valence-corrected chi connectivity index (χ1v) is 7.14. The van der Waals surface area contributed by atoms with E-state index in [2.05, 4.69) is 0 Å². The Morgan fingerprint density at radius 2 is 1.77 bits per heavy atom. The first kappa shape index (κ1) is 15.8. The molecule has 0 aliphatic rings. The van der Waals surface area contributed by atoms with E-state index in [0.29, 0.717) is 5.56 Å². The van der Waals surface area contributed by atoms with Gasteiger partial charge < -0.3 is 9.84 Å². The third-order valence-corrected chi connectivity index (χ3v) is 3.38. The number of aromatic hydroxyl groups is 1. The molecule has 2 aromatic carbocycles. The normalized spacial score (nSPS) is 11.7. The van der Waals surface area contributed by atoms with Gasteiger partial charge in [0.05, 0.1) is 5.56 Å². The van der Waals surface area contributed by atoms with Gasteiger partial charge in [0.25, 0.3) is 0 Å². The van der Waals surface area contributed by atoms with Crippen LogP contribution in [0.1, 0.15) is 40.1 Å². The van der Waals surface area contributed by atoms with Crippen molar-refractivity contribution in [3.63, 3.8) is 0 Å². The van der Waals surface area contributed by atoms with Crippen LogP contribution in [-0.2, 0) is 11.2 Å². The largest absolute Gasteiger partial charge is 0.508 e. The maximum absolute atomic E-state index is 12.3. The van der Waals surface area contributed by atoms with Crippen LogP contribution in [0.5, 0.6) is 5.75 Å². The predicted molar refractivity (Wildman–Crippen MR) is 83.1 cm³/mol. The number of Topliss-reactive ketones (excluding diaryl/α,β-unsaturated/α-hetero) is 1. The maximum Gasteiger partial charge on any atom is 0.338 e. The van der Waals surface area contributed by atoms with E-state index in [1.807, 2.05) is 19.1 Å². The van der Waals surface area contributed by atoms with Crippen molar-refractivity contribution in [3.05, 3.63) is 65.2 Å². The van der Waals surface area contributed by atoms with E-state index >= 15 is 0 Å². The molecule has 2 rings (SSSR count). The first-order chi connectivity index (χ1) is 10.5. The Hall–Kier alpha value is -2.62. The third kappa shape index (κ3) is 3.73. The van der Waals surface area contributed by atoms with Crippen molar-refractivity contribution in [1.82, 2.24) is 0 Å². The molecule has 0 fully saturated rings. The molecule has 0 aliphatic heterocycles. The van der Waals surface area contributed by atoms with E-state index in [4.69, 9.17) is 4.74 Å². The summed E-state index contributed by atoms with van der Waals surface area (Å²) in [6.45, 7) is 3.58. The number of carbonyl (C=O) groups is 2. The standard InChI is InChI=1S/C18H18O4/c1-3-13-7-9-14(10-8-13)17(20)12(2)22-18(21)15-5-4-6-16(19)11-15/h4-12,19H,3H2,1-2H3. The number of phenols is 1. The second-order valence-electron chi connectivity index (χ2n) is 5.01. The molecular formula is C18H18O4. The highest BCUT2D eigenvalue weighted by Gasteiger charge is 2.20. The zero-order chi connectivity index (χ0) is 16.1. The van der Waals surface area contributed by atoms with Crippen LogP contribution in [0.15, 0.2) is 48.5 Å². The molecule has 1 unspecified atom stereocenters. The van der Waals surface area contributed by atoms with Gasteiger partial charge in [-0.3, -0.25) is 4.79 Å². The Kier molecular flexibility index (Phi) is 4.94. The van der Waals surface area contributed by atoms with Crippen LogP contribution in [0.25, 0.3) is 0 Å². The molecule has 0 saturated heterocycles. The zero-order valence-electron chi connectivity index (χ0n) is 12.6. The summed E-state index contributed by atoms with van der Waals surface area (Å²) in [4.78, 5) is 24.2. The Morgan fingerprint density at radius 1 is 1.09 bits per heavy atom. The minimum Gasteiger partial charge on any atom is -0.508 e. The number of benzene rings is 2. The fraction of sp³-hybridized carbons (Fsp3) is 0.222. The molecular weight excluding hydrogens is 280 g/mol. The molecule has 114 valence electrons. The highest BCUT2D eigenvalue weighted by Crippen LogP contribution is 2.14. The summed E-state index contributed by atoms with van der Waals surface area (Å²) in [5.41, 5.74) is 1.86. The van der Waals surface area contributed by atoms with Crippen LogP contribution in [0.2, 0.25) is 0 Å². The number of phenolic OH excluding ortho intramolecular Hbond substituents is 1. The zero-order valence-corrected chi connectivity index (χ0v) is 12.6. The third-order valence-electron chi connectivity index (χ3n) is 3.38. The number of hydrogen-bond donors (Lipinski definition) is 1. The lowest BCUT2D eigenvalue weighted by molar-refractivity contribution is 0.0318. The van der Waals surface area contributed by atoms with Gasteiger partial charge in [0, 0.05) is 5.56 Å². The van der Waals surface area contributed by atoms with Crippen molar-refractivity contribution in [2.75, 3.05) is 0 Å². The highest BCUT2D eigenvalue weighted by molar-refractivity contribution is 6.01. The lowest BCUT2D eigenvalue weighted by Crippen LogP contribution is -2.24. The molecule has 1 N–H and O–H groups in total. The number of rotatable bonds is 5. The summed E-state index contributed by atoms with van der Waals surface area (Å²) >= 11 is 0. The number of ether oxygens (including phenoxy) is 1. The molecule has 0 amide bonds. The van der Waals surface area contributed by atoms with Gasteiger partial charge in [0.1, 0.15) is 5.75 Å². The van der Waals surface area contributed by atoms with E-state index < -0.39 is 12.1 Å². The Bertz CT molecular complexity index is 674. The van der Waals surface area contributed by atoms with Crippen molar-refractivity contribution >= 4 is 11.8 Å². The average Bonchev–Trinajstić information content (AvgIpc) is 2.54. The Labute approximate surface area is 129 Å². The molecule has 1 atom stereocenters. The second kappa shape index (κ2) is 6.89. The molecule has 0 saturated carbocycles. The summed E-state index contributed by atoms with van der Waals surface area (Å²) in [5.74, 6) is -0.915. The fourth-order valence-electron chi connectivity index (χ4n) is 2.05. The Morgan fingerprint density at radius 3 is 2.36 bits per heavy atom. The van der Waals surface area contributed by atoms with E-state index in [1.165, 1.54) is 25.1 Å². The molecule has 0 aliphatic carbocycles. The van der Waals surface area contributed by atoms with Gasteiger partial charge in [0.2, 0.25) is 5.78 Å². The van der Waals surface area contributed by atoms with Crippen molar-refractivity contribution in [2.24, 2.45) is 0 Å². The summed E-state index contributed by atoms with van der Waals surface area (Å²) in [6, 6.07) is 13.1. The Balaban J connectivity index is 2.05. The molecule has 2 aromatic rings. The average molecular weight is 298 g/mol. The van der Waals surface area contributed by atoms with Crippen LogP contribution in [-0.4, -0.2) is 23.0 Å². The smallest absolute Gasteiger partial charge is 0.338 e. The summed E-state index contributed by atoms with van der Waals surface area (Å²) in [5, 5.41) is 9.36. The second-order valence-corrected chi connectivity index (χ2v) is 5.01. The van der Waals surface area contributed by atoms with Crippen LogP contribution in [0, 0.1) is 0 Å². The molecule has 0 radical (unpaired) electrons. The van der Waals surface area contributed by atoms with Crippen molar-refractivity contribution in [1.29, 1.82) is 0 Å². The van der Waals surface area contributed by atoms with Crippen LogP contribution >= 0.6 is 0 Å². The topological polar surface area (TPSA) is 63.6 Å². The van der Waals surface area contributed by atoms with Crippen LogP contribution in [0.3, 0.4) is 0 Å². The van der Waals surface area contributed by atoms with Crippen molar-refractivity contribution < 1.29 is 19.4 Å². The van der Waals surface area contributed by atoms with Crippen LogP contribution < -0.4 is 0 Å². The fourth-order valence-corrected chi connectivity index (χ4v) is 2.05. The van der Waals surface area contributed by atoms with Gasteiger partial charge in [-0.15, -0.1) is 0 Å². The summed E-state index contributed by atoms with van der Waals surface area (Å²) in [6.07, 6.45) is 0.0126. The minimum atomic E-state index is -0.887. The van der Waals surface area contributed by atoms with Gasteiger partial charge in [-0.05, 0) is 37.1 Å². The first-order valence-electron chi connectivity index (χ1n) is 7.14. The number of ketones is 1. The van der Waals surface area contributed by atoms with E-state index in [-0.39, 0.29) is 17.1 Å². The molecule has 0 heterocycles. The van der Waals surface area contributed by atoms with E-state index in [0.717, 1.165) is 12.0 Å². The maximum atomic E-state index is 12.3. The SMILES string of the molecule is CCc1ccc(C(=O)C(C)OC(=O)c2cccc(O)c2)cc1. The molecule has 0 aromatic heterocycles. The van der Waals surface area contributed by atoms with Crippen molar-refractivity contribution in [2.45, 2.75) is 26.4 Å².